The molecular weight excluding hydrogens is 499 g/mol. The number of nitriles is 1. The second-order valence-corrected chi connectivity index (χ2v) is 11.8. The average molecular weight is 535 g/mol. The minimum Gasteiger partial charge on any atom is -0.271 e. The number of nitrogens with zero attached hydrogens (tertiary/aromatic N) is 3. The van der Waals surface area contributed by atoms with Crippen LogP contribution in [0.1, 0.15) is 24.5 Å². The molecule has 6 heteroatoms. The molecule has 2 N–H and O–H groups in total. The minimum atomic E-state index is -3.08. The Morgan fingerprint density at radius 1 is 0.897 bits per heavy atom. The first kappa shape index (κ1) is 28.2. The smallest absolute Gasteiger partial charge is 0.271 e. The summed E-state index contributed by atoms with van der Waals surface area (Å²) in [5.41, 5.74) is 9.75. The monoisotopic (exact) mass is 534 g/mol. The van der Waals surface area contributed by atoms with Crippen LogP contribution >= 0.6 is 7.59 Å². The molecular formula is C33H35N4OP. The third kappa shape index (κ3) is 6.81. The Balaban J connectivity index is 0.000000303. The van der Waals surface area contributed by atoms with Crippen molar-refractivity contribution in [3.8, 4) is 6.07 Å². The van der Waals surface area contributed by atoms with Crippen molar-refractivity contribution < 1.29 is 4.57 Å². The molecule has 0 aliphatic carbocycles. The molecule has 1 fully saturated rings. The number of hydrogen-bond acceptors (Lipinski definition) is 2. The van der Waals surface area contributed by atoms with Gasteiger partial charge in [0.25, 0.3) is 7.59 Å². The lowest BCUT2D eigenvalue weighted by Crippen LogP contribution is -2.24. The predicted octanol–water partition coefficient (Wildman–Crippen LogP) is 7.97. The molecule has 0 saturated carbocycles. The van der Waals surface area contributed by atoms with Crippen molar-refractivity contribution in [1.82, 2.24) is 9.34 Å². The van der Waals surface area contributed by atoms with Gasteiger partial charge in [0, 0.05) is 26.2 Å². The number of allylic oxidation sites excluding steroid dienone is 5. The standard InChI is InChI=1S/C24H24N3OP.C9H11N/c25-29(28)26(17-21-11-5-9-19-7-1-3-13-23(19)21)15-16-27(29)18-22-12-6-10-20-8-2-4-14-24(20)22;1-3-5-6-9(4-2)7-8-10/h1-14H,15-18H2,(H2,25,28);3-6H,2,7H2,1H3/b;5-3-,9-6+. The summed E-state index contributed by atoms with van der Waals surface area (Å²) in [6.07, 6.45) is 7.84. The van der Waals surface area contributed by atoms with Gasteiger partial charge >= 0.3 is 0 Å². The van der Waals surface area contributed by atoms with Gasteiger partial charge in [-0.25, -0.2) is 9.34 Å². The van der Waals surface area contributed by atoms with Crippen LogP contribution in [-0.4, -0.2) is 22.4 Å². The van der Waals surface area contributed by atoms with E-state index < -0.39 is 7.59 Å². The Morgan fingerprint density at radius 2 is 1.38 bits per heavy atom. The lowest BCUT2D eigenvalue weighted by Gasteiger charge is -2.27. The Bertz CT molecular complexity index is 1500. The molecule has 0 atom stereocenters. The highest BCUT2D eigenvalue weighted by molar-refractivity contribution is 7.56. The van der Waals surface area contributed by atoms with E-state index in [2.05, 4.69) is 73.3 Å². The minimum absolute atomic E-state index is 0.438. The highest BCUT2D eigenvalue weighted by Gasteiger charge is 2.39. The van der Waals surface area contributed by atoms with Crippen LogP contribution in [0, 0.1) is 11.3 Å². The number of fused-ring (bicyclic) bond motifs is 2. The zero-order valence-corrected chi connectivity index (χ0v) is 23.3. The lowest BCUT2D eigenvalue weighted by atomic mass is 10.0. The zero-order chi connectivity index (χ0) is 27.7. The molecule has 0 bridgehead atoms. The Labute approximate surface area is 231 Å². The van der Waals surface area contributed by atoms with E-state index in [1.54, 1.807) is 6.08 Å². The van der Waals surface area contributed by atoms with Gasteiger partial charge in [0.05, 0.1) is 12.5 Å². The van der Waals surface area contributed by atoms with Crippen LogP contribution in [0.3, 0.4) is 0 Å². The maximum Gasteiger partial charge on any atom is 0.282 e. The van der Waals surface area contributed by atoms with Gasteiger partial charge in [0.2, 0.25) is 0 Å². The van der Waals surface area contributed by atoms with E-state index in [-0.39, 0.29) is 0 Å². The molecule has 1 aliphatic rings. The largest absolute Gasteiger partial charge is 0.282 e. The second-order valence-electron chi connectivity index (χ2n) is 9.45. The van der Waals surface area contributed by atoms with Crippen LogP contribution in [0.2, 0.25) is 0 Å². The first-order chi connectivity index (χ1) is 19.0. The molecule has 0 radical (unpaired) electrons. The van der Waals surface area contributed by atoms with Crippen LogP contribution in [0.5, 0.6) is 0 Å². The number of hydrogen-bond donors (Lipinski definition) is 1. The molecule has 0 amide bonds. The summed E-state index contributed by atoms with van der Waals surface area (Å²) in [4.78, 5) is 0. The summed E-state index contributed by atoms with van der Waals surface area (Å²) in [5.74, 6) is 0. The van der Waals surface area contributed by atoms with Gasteiger partial charge in [0.15, 0.2) is 0 Å². The maximum absolute atomic E-state index is 13.6. The summed E-state index contributed by atoms with van der Waals surface area (Å²) in [6.45, 7) is 8.13. The van der Waals surface area contributed by atoms with Gasteiger partial charge in [-0.15, -0.1) is 0 Å². The maximum atomic E-state index is 13.6. The van der Waals surface area contributed by atoms with Crippen molar-refractivity contribution in [2.45, 2.75) is 26.4 Å². The molecule has 5 nitrogen and oxygen atoms in total. The molecule has 1 saturated heterocycles. The molecule has 1 aliphatic heterocycles. The van der Waals surface area contributed by atoms with Crippen molar-refractivity contribution in [2.75, 3.05) is 13.1 Å². The van der Waals surface area contributed by atoms with E-state index >= 15 is 0 Å². The summed E-state index contributed by atoms with van der Waals surface area (Å²) in [5, 5.41) is 13.1. The second kappa shape index (κ2) is 13.3. The van der Waals surface area contributed by atoms with E-state index in [0.29, 0.717) is 32.6 Å². The van der Waals surface area contributed by atoms with E-state index in [9.17, 15) is 4.57 Å². The Morgan fingerprint density at radius 3 is 1.85 bits per heavy atom. The highest BCUT2D eigenvalue weighted by Crippen LogP contribution is 2.51. The van der Waals surface area contributed by atoms with Gasteiger partial charge in [-0.3, -0.25) is 10.1 Å². The molecule has 0 aromatic heterocycles. The van der Waals surface area contributed by atoms with E-state index in [1.807, 2.05) is 58.8 Å². The normalized spacial score (nSPS) is 15.8. The van der Waals surface area contributed by atoms with Gasteiger partial charge in [-0.05, 0) is 45.2 Å². The van der Waals surface area contributed by atoms with Crippen LogP contribution < -0.4 is 5.50 Å². The third-order valence-electron chi connectivity index (χ3n) is 6.94. The fraction of sp³-hybridized carbons (Fsp3) is 0.182. The van der Waals surface area contributed by atoms with Gasteiger partial charge in [-0.1, -0.05) is 116 Å². The van der Waals surface area contributed by atoms with Gasteiger partial charge in [-0.2, -0.15) is 5.26 Å². The highest BCUT2D eigenvalue weighted by atomic mass is 31.2. The number of nitrogens with two attached hydrogens (primary N) is 1. The molecule has 4 aromatic carbocycles. The first-order valence-electron chi connectivity index (χ1n) is 13.1. The molecule has 198 valence electrons. The van der Waals surface area contributed by atoms with Crippen LogP contribution in [0.25, 0.3) is 21.5 Å². The predicted molar refractivity (Wildman–Crippen MR) is 164 cm³/mol. The van der Waals surface area contributed by atoms with E-state index in [4.69, 9.17) is 10.8 Å². The SMILES string of the molecule is C=C/C(=C\C=C/C)CC#N.NP1(=O)N(Cc2cccc3ccccc23)CCN1Cc1cccc2ccccc12. The molecule has 1 heterocycles. The van der Waals surface area contributed by atoms with E-state index in [1.165, 1.54) is 32.7 Å². The third-order valence-corrected chi connectivity index (χ3v) is 9.24. The topological polar surface area (TPSA) is 73.4 Å². The van der Waals surface area contributed by atoms with Crippen molar-refractivity contribution >= 4 is 29.1 Å². The molecule has 0 spiro atoms. The summed E-state index contributed by atoms with van der Waals surface area (Å²) in [7, 11) is -3.08. The Kier molecular flexibility index (Phi) is 9.65. The van der Waals surface area contributed by atoms with Crippen LogP contribution in [-0.2, 0) is 17.7 Å². The average Bonchev–Trinajstić information content (AvgIpc) is 3.24. The Hall–Kier alpha value is -3.78. The van der Waals surface area contributed by atoms with Crippen LogP contribution in [0.4, 0.5) is 0 Å². The first-order valence-corrected chi connectivity index (χ1v) is 14.8. The number of rotatable bonds is 7. The molecule has 0 unspecified atom stereocenters. The summed E-state index contributed by atoms with van der Waals surface area (Å²) >= 11 is 0. The van der Waals surface area contributed by atoms with Crippen LogP contribution in [0.15, 0.2) is 121 Å². The fourth-order valence-electron chi connectivity index (χ4n) is 4.82. The van der Waals surface area contributed by atoms with Crippen molar-refractivity contribution in [2.24, 2.45) is 5.50 Å². The number of benzene rings is 4. The van der Waals surface area contributed by atoms with Gasteiger partial charge < -0.3 is 0 Å². The lowest BCUT2D eigenvalue weighted by molar-refractivity contribution is 0.435. The molecule has 39 heavy (non-hydrogen) atoms. The van der Waals surface area contributed by atoms with Gasteiger partial charge in [0.1, 0.15) is 0 Å². The van der Waals surface area contributed by atoms with E-state index in [0.717, 1.165) is 5.57 Å². The van der Waals surface area contributed by atoms with Crippen molar-refractivity contribution in [3.05, 3.63) is 133 Å². The zero-order valence-electron chi connectivity index (χ0n) is 22.4. The molecule has 4 aromatic rings. The summed E-state index contributed by atoms with van der Waals surface area (Å²) in [6, 6.07) is 31.2. The molecule has 5 rings (SSSR count). The quantitative estimate of drug-likeness (QED) is 0.192. The van der Waals surface area contributed by atoms with Crippen molar-refractivity contribution in [1.29, 1.82) is 5.26 Å². The van der Waals surface area contributed by atoms with Crippen molar-refractivity contribution in [3.63, 3.8) is 0 Å². The fourth-order valence-corrected chi connectivity index (χ4v) is 6.64. The summed E-state index contributed by atoms with van der Waals surface area (Å²) < 4.78 is 17.5.